The van der Waals surface area contributed by atoms with E-state index in [1.165, 1.54) is 10.9 Å². The fourth-order valence-corrected chi connectivity index (χ4v) is 7.53. The van der Waals surface area contributed by atoms with E-state index >= 15 is 0 Å². The van der Waals surface area contributed by atoms with Crippen LogP contribution in [0.4, 0.5) is 0 Å². The van der Waals surface area contributed by atoms with E-state index in [-0.39, 0.29) is 0 Å². The van der Waals surface area contributed by atoms with Crippen LogP contribution in [0.3, 0.4) is 0 Å². The largest absolute Gasteiger partial charge is 0.310 e. The zero-order valence-electron chi connectivity index (χ0n) is 26.5. The summed E-state index contributed by atoms with van der Waals surface area (Å²) in [6.07, 6.45) is 9.41. The molecule has 1 aliphatic rings. The molecule has 0 aliphatic heterocycles. The van der Waals surface area contributed by atoms with Crippen molar-refractivity contribution in [2.75, 3.05) is 0 Å². The number of allylic oxidation sites excluding steroid dienone is 3. The van der Waals surface area contributed by atoms with Crippen LogP contribution in [-0.4, -0.2) is 9.13 Å². The average Bonchev–Trinajstić information content (AvgIpc) is 3.55. The van der Waals surface area contributed by atoms with Crippen LogP contribution < -0.4 is 0 Å². The van der Waals surface area contributed by atoms with Gasteiger partial charge in [0.2, 0.25) is 0 Å². The Balaban J connectivity index is 1.23. The normalized spacial score (nSPS) is 12.2. The highest BCUT2D eigenvalue weighted by atomic mass is 15.0. The van der Waals surface area contributed by atoms with Gasteiger partial charge in [0.05, 0.1) is 51.2 Å². The second-order valence-electron chi connectivity index (χ2n) is 12.4. The second kappa shape index (κ2) is 11.4. The van der Waals surface area contributed by atoms with Crippen LogP contribution in [0.5, 0.6) is 0 Å². The number of hydrogen-bond donors (Lipinski definition) is 0. The molecule has 0 saturated carbocycles. The molecule has 0 N–H and O–H groups in total. The molecule has 0 radical (unpaired) electrons. The van der Waals surface area contributed by atoms with Crippen molar-refractivity contribution in [3.05, 3.63) is 174 Å². The van der Waals surface area contributed by atoms with E-state index < -0.39 is 0 Å². The van der Waals surface area contributed by atoms with E-state index in [1.807, 2.05) is 36.4 Å². The average molecular weight is 625 g/mol. The molecule has 0 atom stereocenters. The summed E-state index contributed by atoms with van der Waals surface area (Å²) in [5.41, 5.74) is 13.0. The van der Waals surface area contributed by atoms with E-state index in [1.54, 1.807) is 0 Å². The minimum Gasteiger partial charge on any atom is -0.310 e. The van der Waals surface area contributed by atoms with Crippen LogP contribution in [0.25, 0.3) is 72.4 Å². The zero-order valence-corrected chi connectivity index (χ0v) is 26.5. The molecular weight excluding hydrogens is 597 g/mol. The third-order valence-electron chi connectivity index (χ3n) is 9.62. The van der Waals surface area contributed by atoms with Gasteiger partial charge in [-0.1, -0.05) is 97.1 Å². The van der Waals surface area contributed by atoms with Crippen molar-refractivity contribution in [3.8, 4) is 45.8 Å². The molecule has 0 spiro atoms. The maximum absolute atomic E-state index is 10.2. The van der Waals surface area contributed by atoms with Gasteiger partial charge >= 0.3 is 0 Å². The maximum atomic E-state index is 10.2. The Kier molecular flexibility index (Phi) is 6.61. The summed E-state index contributed by atoms with van der Waals surface area (Å²) in [5, 5.41) is 23.5. The molecule has 0 bridgehead atoms. The molecule has 2 heterocycles. The number of hydrogen-bond acceptors (Lipinski definition) is 2. The first-order valence-corrected chi connectivity index (χ1v) is 16.4. The number of fused-ring (bicyclic) bond motifs is 6. The molecule has 49 heavy (non-hydrogen) atoms. The van der Waals surface area contributed by atoms with E-state index in [0.29, 0.717) is 11.1 Å². The maximum Gasteiger partial charge on any atom is 0.0998 e. The Labute approximate surface area is 283 Å². The van der Waals surface area contributed by atoms with E-state index in [0.717, 1.165) is 73.1 Å². The molecule has 0 amide bonds. The monoisotopic (exact) mass is 624 g/mol. The minimum atomic E-state index is 0.610. The van der Waals surface area contributed by atoms with Gasteiger partial charge in [0.25, 0.3) is 0 Å². The molecule has 4 nitrogen and oxygen atoms in total. The van der Waals surface area contributed by atoms with Gasteiger partial charge in [-0.2, -0.15) is 10.5 Å². The molecule has 1 aliphatic carbocycles. The molecule has 2 aromatic heterocycles. The second-order valence-corrected chi connectivity index (χ2v) is 12.4. The summed E-state index contributed by atoms with van der Waals surface area (Å²) in [4.78, 5) is 0. The minimum absolute atomic E-state index is 0.610. The van der Waals surface area contributed by atoms with Gasteiger partial charge < -0.3 is 9.13 Å². The topological polar surface area (TPSA) is 57.4 Å². The molecule has 0 unspecified atom stereocenters. The van der Waals surface area contributed by atoms with E-state index in [9.17, 15) is 10.5 Å². The molecule has 228 valence electrons. The third-order valence-corrected chi connectivity index (χ3v) is 9.62. The Hall–Kier alpha value is -6.88. The van der Waals surface area contributed by atoms with Crippen molar-refractivity contribution in [3.63, 3.8) is 0 Å². The van der Waals surface area contributed by atoms with Crippen molar-refractivity contribution in [2.45, 2.75) is 6.42 Å². The fourth-order valence-electron chi connectivity index (χ4n) is 7.53. The lowest BCUT2D eigenvalue weighted by molar-refractivity contribution is 1.09. The molecular formula is C45H28N4. The molecule has 9 rings (SSSR count). The van der Waals surface area contributed by atoms with Crippen molar-refractivity contribution in [2.24, 2.45) is 0 Å². The standard InChI is InChI=1S/C45H28N4/c46-28-30-24-34(27-35(25-30)48-41-19-3-1-2-16-37(41)38-17-5-8-21-42(38)48)31-12-10-13-32(26-31)36-15-4-7-20-40(36)49-43-22-9-6-18-39(43)45-33(29-47)14-11-23-44(45)49/h1-15,17-27H,16H2. The van der Waals surface area contributed by atoms with Crippen molar-refractivity contribution < 1.29 is 0 Å². The van der Waals surface area contributed by atoms with Crippen LogP contribution in [0.2, 0.25) is 0 Å². The van der Waals surface area contributed by atoms with Crippen LogP contribution >= 0.6 is 0 Å². The summed E-state index contributed by atoms with van der Waals surface area (Å²) in [6, 6.07) is 50.7. The quantitative estimate of drug-likeness (QED) is 0.196. The number of benzene rings is 6. The Morgan fingerprint density at radius 1 is 0.551 bits per heavy atom. The lowest BCUT2D eigenvalue weighted by Gasteiger charge is -2.16. The Morgan fingerprint density at radius 2 is 1.29 bits per heavy atom. The molecule has 6 aromatic carbocycles. The lowest BCUT2D eigenvalue weighted by Crippen LogP contribution is -1.99. The summed E-state index contributed by atoms with van der Waals surface area (Å²) >= 11 is 0. The number of rotatable bonds is 4. The fraction of sp³-hybridized carbons (Fsp3) is 0.0222. The van der Waals surface area contributed by atoms with Crippen molar-refractivity contribution in [1.82, 2.24) is 9.13 Å². The van der Waals surface area contributed by atoms with E-state index in [4.69, 9.17) is 0 Å². The molecule has 8 aromatic rings. The third kappa shape index (κ3) is 4.51. The summed E-state index contributed by atoms with van der Waals surface area (Å²) < 4.78 is 4.56. The van der Waals surface area contributed by atoms with Crippen molar-refractivity contribution >= 4 is 38.8 Å². The number of para-hydroxylation sites is 3. The molecule has 0 fully saturated rings. The molecule has 4 heteroatoms. The predicted octanol–water partition coefficient (Wildman–Crippen LogP) is 10.9. The van der Waals surface area contributed by atoms with E-state index in [2.05, 4.69) is 143 Å². The first-order chi connectivity index (χ1) is 24.2. The van der Waals surface area contributed by atoms with Crippen LogP contribution in [0.1, 0.15) is 22.4 Å². The number of nitriles is 2. The first kappa shape index (κ1) is 28.4. The predicted molar refractivity (Wildman–Crippen MR) is 200 cm³/mol. The highest BCUT2D eigenvalue weighted by Crippen LogP contribution is 2.39. The van der Waals surface area contributed by atoms with Gasteiger partial charge in [-0.05, 0) is 89.3 Å². The summed E-state index contributed by atoms with van der Waals surface area (Å²) in [5.74, 6) is 0. The summed E-state index contributed by atoms with van der Waals surface area (Å²) in [7, 11) is 0. The van der Waals surface area contributed by atoms with Gasteiger partial charge in [0.15, 0.2) is 0 Å². The van der Waals surface area contributed by atoms with Gasteiger partial charge in [-0.25, -0.2) is 0 Å². The highest BCUT2D eigenvalue weighted by molar-refractivity contribution is 6.12. The van der Waals surface area contributed by atoms with Crippen LogP contribution in [0.15, 0.2) is 152 Å². The Morgan fingerprint density at radius 3 is 2.14 bits per heavy atom. The van der Waals surface area contributed by atoms with Gasteiger partial charge in [0.1, 0.15) is 0 Å². The smallest absolute Gasteiger partial charge is 0.0998 e. The van der Waals surface area contributed by atoms with Gasteiger partial charge in [-0.15, -0.1) is 0 Å². The van der Waals surface area contributed by atoms with Crippen molar-refractivity contribution in [1.29, 1.82) is 10.5 Å². The SMILES string of the molecule is N#Cc1cc(-c2cccc(-c3ccccc3-n3c4ccccc4c4c(C#N)cccc43)c2)cc(-n2c3c(c4ccccc42)CC=CC=C3)c1. The lowest BCUT2D eigenvalue weighted by atomic mass is 9.96. The summed E-state index contributed by atoms with van der Waals surface area (Å²) in [6.45, 7) is 0. The highest BCUT2D eigenvalue weighted by Gasteiger charge is 2.20. The molecule has 0 saturated heterocycles. The van der Waals surface area contributed by atoms with Crippen LogP contribution in [0, 0.1) is 22.7 Å². The number of aromatic nitrogens is 2. The number of nitrogens with zero attached hydrogens (tertiary/aromatic N) is 4. The Bertz CT molecular complexity index is 2770. The van der Waals surface area contributed by atoms with Gasteiger partial charge in [0, 0.05) is 27.4 Å². The van der Waals surface area contributed by atoms with Crippen LogP contribution in [-0.2, 0) is 6.42 Å². The zero-order chi connectivity index (χ0) is 32.9. The van der Waals surface area contributed by atoms with Gasteiger partial charge in [-0.3, -0.25) is 0 Å². The first-order valence-electron chi connectivity index (χ1n) is 16.4.